The Balaban J connectivity index is 2.20. The van der Waals surface area contributed by atoms with E-state index in [0.717, 1.165) is 31.3 Å². The van der Waals surface area contributed by atoms with Gasteiger partial charge in [0, 0.05) is 19.2 Å². The van der Waals surface area contributed by atoms with E-state index in [-0.39, 0.29) is 18.4 Å². The number of nitrogens with two attached hydrogens (primary N) is 1. The molecule has 5 nitrogen and oxygen atoms in total. The van der Waals surface area contributed by atoms with E-state index in [1.165, 1.54) is 0 Å². The average Bonchev–Trinajstić information content (AvgIpc) is 2.60. The van der Waals surface area contributed by atoms with Gasteiger partial charge < -0.3 is 15.4 Å². The summed E-state index contributed by atoms with van der Waals surface area (Å²) in [5, 5.41) is 0. The summed E-state index contributed by atoms with van der Waals surface area (Å²) in [6, 6.07) is 0.177. The Bertz CT molecular complexity index is 390. The van der Waals surface area contributed by atoms with Crippen LogP contribution in [0.4, 0.5) is 0 Å². The molecule has 0 bridgehead atoms. The lowest BCUT2D eigenvalue weighted by atomic mass is 9.88. The lowest BCUT2D eigenvalue weighted by Gasteiger charge is -2.29. The second-order valence-corrected chi connectivity index (χ2v) is 4.90. The van der Waals surface area contributed by atoms with Gasteiger partial charge in [-0.2, -0.15) is 0 Å². The van der Waals surface area contributed by atoms with Crippen LogP contribution in [0.3, 0.4) is 0 Å². The van der Waals surface area contributed by atoms with Crippen molar-refractivity contribution in [1.82, 2.24) is 4.90 Å². The topological polar surface area (TPSA) is 72.6 Å². The van der Waals surface area contributed by atoms with Crippen LogP contribution >= 0.6 is 0 Å². The first-order valence-electron chi connectivity index (χ1n) is 6.45. The standard InChI is InChI=1S/C13H20N2O3/c1-18-7-6-15-11-5-3-2-4-9(11)10(13(15)17)8-12(14)16/h11H,2-8H2,1H3,(H2,14,16). The zero-order chi connectivity index (χ0) is 13.1. The molecule has 1 aliphatic heterocycles. The quantitative estimate of drug-likeness (QED) is 0.778. The zero-order valence-electron chi connectivity index (χ0n) is 10.8. The van der Waals surface area contributed by atoms with Crippen molar-refractivity contribution >= 4 is 11.8 Å². The van der Waals surface area contributed by atoms with Crippen molar-refractivity contribution in [2.75, 3.05) is 20.3 Å². The minimum atomic E-state index is -0.427. The maximum atomic E-state index is 12.3. The number of hydrogen-bond acceptors (Lipinski definition) is 3. The number of methoxy groups -OCH3 is 1. The highest BCUT2D eigenvalue weighted by molar-refractivity contribution is 6.01. The molecule has 1 unspecified atom stereocenters. The number of rotatable bonds is 5. The molecular weight excluding hydrogens is 232 g/mol. The fourth-order valence-electron chi connectivity index (χ4n) is 2.95. The molecule has 0 spiro atoms. The fourth-order valence-corrected chi connectivity index (χ4v) is 2.95. The van der Waals surface area contributed by atoms with E-state index in [1.54, 1.807) is 7.11 Å². The molecule has 0 aromatic rings. The molecule has 5 heteroatoms. The summed E-state index contributed by atoms with van der Waals surface area (Å²) in [7, 11) is 1.63. The molecule has 2 rings (SSSR count). The number of hydrogen-bond donors (Lipinski definition) is 1. The molecule has 2 N–H and O–H groups in total. The normalized spacial score (nSPS) is 23.5. The summed E-state index contributed by atoms with van der Waals surface area (Å²) in [5.74, 6) is -0.448. The molecule has 2 amide bonds. The maximum Gasteiger partial charge on any atom is 0.250 e. The number of carbonyl (C=O) groups is 2. The number of fused-ring (bicyclic) bond motifs is 1. The van der Waals surface area contributed by atoms with Crippen LogP contribution in [0.15, 0.2) is 11.1 Å². The molecule has 1 heterocycles. The monoisotopic (exact) mass is 252 g/mol. The van der Waals surface area contributed by atoms with Crippen molar-refractivity contribution in [3.63, 3.8) is 0 Å². The lowest BCUT2D eigenvalue weighted by molar-refractivity contribution is -0.129. The molecule has 0 saturated heterocycles. The number of carbonyl (C=O) groups excluding carboxylic acids is 2. The van der Waals surface area contributed by atoms with Gasteiger partial charge in [-0.15, -0.1) is 0 Å². The first kappa shape index (κ1) is 13.1. The molecule has 2 aliphatic rings. The van der Waals surface area contributed by atoms with Gasteiger partial charge in [0.05, 0.1) is 19.1 Å². The van der Waals surface area contributed by atoms with Gasteiger partial charge in [-0.3, -0.25) is 9.59 Å². The fraction of sp³-hybridized carbons (Fsp3) is 0.692. The summed E-state index contributed by atoms with van der Waals surface area (Å²) in [5.41, 5.74) is 7.02. The zero-order valence-corrected chi connectivity index (χ0v) is 10.8. The first-order valence-corrected chi connectivity index (χ1v) is 6.45. The van der Waals surface area contributed by atoms with Crippen LogP contribution in [0.1, 0.15) is 32.1 Å². The van der Waals surface area contributed by atoms with Crippen LogP contribution in [0.25, 0.3) is 0 Å². The second kappa shape index (κ2) is 5.52. The van der Waals surface area contributed by atoms with E-state index in [4.69, 9.17) is 10.5 Å². The highest BCUT2D eigenvalue weighted by atomic mass is 16.5. The third-order valence-electron chi connectivity index (χ3n) is 3.75. The second-order valence-electron chi connectivity index (χ2n) is 4.90. The van der Waals surface area contributed by atoms with Gasteiger partial charge in [0.25, 0.3) is 5.91 Å². The Labute approximate surface area is 107 Å². The number of amides is 2. The van der Waals surface area contributed by atoms with Crippen molar-refractivity contribution < 1.29 is 14.3 Å². The minimum absolute atomic E-state index is 0.0206. The number of ether oxygens (including phenoxy) is 1. The summed E-state index contributed by atoms with van der Waals surface area (Å²) < 4.78 is 5.04. The molecule has 18 heavy (non-hydrogen) atoms. The van der Waals surface area contributed by atoms with E-state index in [1.807, 2.05) is 4.90 Å². The Morgan fingerprint density at radius 3 is 2.94 bits per heavy atom. The smallest absolute Gasteiger partial charge is 0.250 e. The van der Waals surface area contributed by atoms with Gasteiger partial charge >= 0.3 is 0 Å². The highest BCUT2D eigenvalue weighted by Gasteiger charge is 2.39. The highest BCUT2D eigenvalue weighted by Crippen LogP contribution is 2.37. The van der Waals surface area contributed by atoms with E-state index in [2.05, 4.69) is 0 Å². The minimum Gasteiger partial charge on any atom is -0.383 e. The third kappa shape index (κ3) is 2.41. The molecule has 0 radical (unpaired) electrons. The predicted molar refractivity (Wildman–Crippen MR) is 66.7 cm³/mol. The molecule has 1 aliphatic carbocycles. The van der Waals surface area contributed by atoms with Crippen LogP contribution in [-0.4, -0.2) is 43.0 Å². The summed E-state index contributed by atoms with van der Waals surface area (Å²) in [6.07, 6.45) is 4.22. The van der Waals surface area contributed by atoms with E-state index in [9.17, 15) is 9.59 Å². The van der Waals surface area contributed by atoms with Crippen LogP contribution in [-0.2, 0) is 14.3 Å². The predicted octanol–water partition coefficient (Wildman–Crippen LogP) is 0.590. The SMILES string of the molecule is COCCN1C(=O)C(CC(N)=O)=C2CCCCC21. The van der Waals surface area contributed by atoms with Gasteiger partial charge in [-0.25, -0.2) is 0 Å². The van der Waals surface area contributed by atoms with Crippen molar-refractivity contribution in [3.8, 4) is 0 Å². The first-order chi connectivity index (χ1) is 8.65. The molecule has 0 aromatic heterocycles. The summed E-state index contributed by atoms with van der Waals surface area (Å²) in [4.78, 5) is 25.3. The van der Waals surface area contributed by atoms with Gasteiger partial charge in [0.15, 0.2) is 0 Å². The van der Waals surface area contributed by atoms with Crippen molar-refractivity contribution in [3.05, 3.63) is 11.1 Å². The maximum absolute atomic E-state index is 12.3. The Kier molecular flexibility index (Phi) is 4.01. The van der Waals surface area contributed by atoms with E-state index < -0.39 is 5.91 Å². The van der Waals surface area contributed by atoms with Gasteiger partial charge in [-0.1, -0.05) is 6.42 Å². The Hall–Kier alpha value is -1.36. The number of nitrogens with zero attached hydrogens (tertiary/aromatic N) is 1. The average molecular weight is 252 g/mol. The molecule has 1 fully saturated rings. The molecule has 0 aromatic carbocycles. The lowest BCUT2D eigenvalue weighted by Crippen LogP contribution is -2.39. The van der Waals surface area contributed by atoms with E-state index in [0.29, 0.717) is 18.7 Å². The van der Waals surface area contributed by atoms with Crippen LogP contribution in [0, 0.1) is 0 Å². The molecule has 1 atom stereocenters. The van der Waals surface area contributed by atoms with Crippen LogP contribution in [0.5, 0.6) is 0 Å². The molecular formula is C13H20N2O3. The van der Waals surface area contributed by atoms with Gasteiger partial charge in [0.1, 0.15) is 0 Å². The van der Waals surface area contributed by atoms with Crippen LogP contribution < -0.4 is 5.73 Å². The van der Waals surface area contributed by atoms with Crippen LogP contribution in [0.2, 0.25) is 0 Å². The summed E-state index contributed by atoms with van der Waals surface area (Å²) in [6.45, 7) is 1.12. The molecule has 100 valence electrons. The van der Waals surface area contributed by atoms with Gasteiger partial charge in [-0.05, 0) is 24.8 Å². The molecule has 1 saturated carbocycles. The largest absolute Gasteiger partial charge is 0.383 e. The third-order valence-corrected chi connectivity index (χ3v) is 3.75. The van der Waals surface area contributed by atoms with Crippen molar-refractivity contribution in [2.45, 2.75) is 38.1 Å². The Morgan fingerprint density at radius 2 is 2.28 bits per heavy atom. The number of primary amides is 1. The Morgan fingerprint density at radius 1 is 1.50 bits per heavy atom. The summed E-state index contributed by atoms with van der Waals surface area (Å²) >= 11 is 0. The van der Waals surface area contributed by atoms with Crippen molar-refractivity contribution in [2.24, 2.45) is 5.73 Å². The van der Waals surface area contributed by atoms with Crippen molar-refractivity contribution in [1.29, 1.82) is 0 Å². The van der Waals surface area contributed by atoms with E-state index >= 15 is 0 Å². The van der Waals surface area contributed by atoms with Gasteiger partial charge in [0.2, 0.25) is 5.91 Å².